The van der Waals surface area contributed by atoms with Crippen molar-refractivity contribution in [3.63, 3.8) is 0 Å². The molecule has 0 unspecified atom stereocenters. The lowest BCUT2D eigenvalue weighted by atomic mass is 10.1. The SMILES string of the molecule is COc1ccc(-c2nc(C(=O)NCc3cccc(Oc4ccccn4)c3)c(CN)o2)c2ccc(C(F)(F)F)nc12. The molecule has 0 aliphatic rings. The lowest BCUT2D eigenvalue weighted by Gasteiger charge is -2.11. The Kier molecular flexibility index (Phi) is 7.34. The van der Waals surface area contributed by atoms with Crippen LogP contribution in [-0.2, 0) is 19.3 Å². The van der Waals surface area contributed by atoms with Gasteiger partial charge in [-0.1, -0.05) is 18.2 Å². The van der Waals surface area contributed by atoms with E-state index in [0.717, 1.165) is 11.6 Å². The number of carbonyl (C=O) groups excluding carboxylic acids is 1. The van der Waals surface area contributed by atoms with Crippen molar-refractivity contribution in [2.45, 2.75) is 19.3 Å². The van der Waals surface area contributed by atoms with E-state index in [1.165, 1.54) is 19.2 Å². The Hall–Kier alpha value is -4.97. The summed E-state index contributed by atoms with van der Waals surface area (Å²) in [5, 5.41) is 3.08. The Bertz CT molecular complexity index is 1670. The first-order valence-corrected chi connectivity index (χ1v) is 12.0. The second kappa shape index (κ2) is 11.0. The number of nitrogens with one attached hydrogen (secondary N) is 1. The van der Waals surface area contributed by atoms with E-state index in [2.05, 4.69) is 20.3 Å². The second-order valence-electron chi connectivity index (χ2n) is 8.50. The predicted molar refractivity (Wildman–Crippen MR) is 139 cm³/mol. The van der Waals surface area contributed by atoms with E-state index in [-0.39, 0.29) is 41.7 Å². The molecule has 3 heterocycles. The van der Waals surface area contributed by atoms with Gasteiger partial charge in [-0.15, -0.1) is 0 Å². The number of pyridine rings is 2. The fraction of sp³-hybridized carbons (Fsp3) is 0.143. The molecule has 0 aliphatic carbocycles. The first-order chi connectivity index (χ1) is 19.3. The van der Waals surface area contributed by atoms with Crippen LogP contribution in [0.1, 0.15) is 27.5 Å². The summed E-state index contributed by atoms with van der Waals surface area (Å²) in [7, 11) is 1.33. The maximum absolute atomic E-state index is 13.3. The number of ether oxygens (including phenoxy) is 2. The largest absolute Gasteiger partial charge is 0.494 e. The van der Waals surface area contributed by atoms with Gasteiger partial charge in [-0.05, 0) is 48.0 Å². The third kappa shape index (κ3) is 5.57. The summed E-state index contributed by atoms with van der Waals surface area (Å²) in [6.07, 6.45) is -3.02. The zero-order valence-corrected chi connectivity index (χ0v) is 21.0. The Labute approximate surface area is 225 Å². The summed E-state index contributed by atoms with van der Waals surface area (Å²) in [6, 6.07) is 17.6. The van der Waals surface area contributed by atoms with Crippen molar-refractivity contribution in [1.29, 1.82) is 0 Å². The monoisotopic (exact) mass is 549 g/mol. The lowest BCUT2D eigenvalue weighted by Crippen LogP contribution is -2.24. The van der Waals surface area contributed by atoms with Crippen LogP contribution in [0, 0.1) is 0 Å². The van der Waals surface area contributed by atoms with Gasteiger partial charge in [-0.2, -0.15) is 13.2 Å². The number of benzene rings is 2. The van der Waals surface area contributed by atoms with Crippen LogP contribution in [0.25, 0.3) is 22.4 Å². The van der Waals surface area contributed by atoms with Gasteiger partial charge in [-0.3, -0.25) is 4.79 Å². The van der Waals surface area contributed by atoms with Crippen molar-refractivity contribution in [2.24, 2.45) is 5.73 Å². The van der Waals surface area contributed by atoms with Gasteiger partial charge in [0.05, 0.1) is 13.7 Å². The predicted octanol–water partition coefficient (Wildman–Crippen LogP) is 5.49. The highest BCUT2D eigenvalue weighted by molar-refractivity contribution is 5.98. The molecule has 0 saturated heterocycles. The molecule has 0 atom stereocenters. The first-order valence-electron chi connectivity index (χ1n) is 12.0. The van der Waals surface area contributed by atoms with Gasteiger partial charge in [0.1, 0.15) is 22.7 Å². The van der Waals surface area contributed by atoms with Crippen LogP contribution in [0.3, 0.4) is 0 Å². The molecule has 3 aromatic heterocycles. The number of amides is 1. The quantitative estimate of drug-likeness (QED) is 0.260. The molecule has 9 nitrogen and oxygen atoms in total. The van der Waals surface area contributed by atoms with Crippen molar-refractivity contribution >= 4 is 16.8 Å². The summed E-state index contributed by atoms with van der Waals surface area (Å²) in [6.45, 7) is 0.0216. The minimum absolute atomic E-state index is 0.00516. The number of oxazole rings is 1. The van der Waals surface area contributed by atoms with Crippen LogP contribution in [0.15, 0.2) is 77.3 Å². The smallest absolute Gasteiger partial charge is 0.433 e. The fourth-order valence-corrected chi connectivity index (χ4v) is 4.00. The highest BCUT2D eigenvalue weighted by Crippen LogP contribution is 2.37. The van der Waals surface area contributed by atoms with Gasteiger partial charge in [0, 0.05) is 29.8 Å². The van der Waals surface area contributed by atoms with E-state index in [1.807, 2.05) is 6.07 Å². The standard InChI is InChI=1S/C28H22F3N5O4/c1-38-20-10-8-19(18-9-11-22(28(29,30)31)35-24(18)20)27-36-25(21(14-32)40-27)26(37)34-15-16-5-4-6-17(13-16)39-23-7-2-3-12-33-23/h2-13H,14-15,32H2,1H3,(H,34,37). The number of nitrogens with zero attached hydrogens (tertiary/aromatic N) is 3. The minimum Gasteiger partial charge on any atom is -0.494 e. The lowest BCUT2D eigenvalue weighted by molar-refractivity contribution is -0.140. The summed E-state index contributed by atoms with van der Waals surface area (Å²) in [5.41, 5.74) is 5.76. The number of hydrogen-bond acceptors (Lipinski definition) is 8. The van der Waals surface area contributed by atoms with Gasteiger partial charge in [0.15, 0.2) is 11.5 Å². The highest BCUT2D eigenvalue weighted by atomic mass is 19.4. The van der Waals surface area contributed by atoms with Crippen molar-refractivity contribution < 1.29 is 31.9 Å². The summed E-state index contributed by atoms with van der Waals surface area (Å²) >= 11 is 0. The number of hydrogen-bond donors (Lipinski definition) is 2. The van der Waals surface area contributed by atoms with Crippen molar-refractivity contribution in [2.75, 3.05) is 7.11 Å². The topological polar surface area (TPSA) is 125 Å². The van der Waals surface area contributed by atoms with Gasteiger partial charge in [-0.25, -0.2) is 15.0 Å². The molecule has 5 rings (SSSR count). The number of aromatic nitrogens is 3. The molecule has 2 aromatic carbocycles. The van der Waals surface area contributed by atoms with Crippen LogP contribution in [0.5, 0.6) is 17.4 Å². The van der Waals surface area contributed by atoms with E-state index in [0.29, 0.717) is 22.6 Å². The Morgan fingerprint density at radius 1 is 1.05 bits per heavy atom. The average Bonchev–Trinajstić information content (AvgIpc) is 3.40. The number of methoxy groups -OCH3 is 1. The molecule has 12 heteroatoms. The number of alkyl halides is 3. The molecule has 0 radical (unpaired) electrons. The third-order valence-electron chi connectivity index (χ3n) is 5.87. The van der Waals surface area contributed by atoms with Crippen molar-refractivity contribution in [1.82, 2.24) is 20.3 Å². The average molecular weight is 550 g/mol. The van der Waals surface area contributed by atoms with Gasteiger partial charge in [0.2, 0.25) is 11.8 Å². The van der Waals surface area contributed by atoms with Crippen LogP contribution in [0.2, 0.25) is 0 Å². The molecule has 1 amide bonds. The summed E-state index contributed by atoms with van der Waals surface area (Å²) < 4.78 is 56.6. The second-order valence-corrected chi connectivity index (χ2v) is 8.50. The van der Waals surface area contributed by atoms with Gasteiger partial charge in [0.25, 0.3) is 5.91 Å². The molecule has 0 bridgehead atoms. The summed E-state index contributed by atoms with van der Waals surface area (Å²) in [5.74, 6) is 0.700. The molecule has 0 aliphatic heterocycles. The van der Waals surface area contributed by atoms with E-state index in [4.69, 9.17) is 19.6 Å². The number of carbonyl (C=O) groups is 1. The molecule has 0 saturated carbocycles. The van der Waals surface area contributed by atoms with Gasteiger partial charge >= 0.3 is 6.18 Å². The number of nitrogens with two attached hydrogens (primary N) is 1. The molecule has 0 spiro atoms. The highest BCUT2D eigenvalue weighted by Gasteiger charge is 2.33. The van der Waals surface area contributed by atoms with Gasteiger partial charge < -0.3 is 24.9 Å². The zero-order chi connectivity index (χ0) is 28.3. The first kappa shape index (κ1) is 26.6. The van der Waals surface area contributed by atoms with Crippen LogP contribution < -0.4 is 20.5 Å². The molecule has 40 heavy (non-hydrogen) atoms. The molecule has 0 fully saturated rings. The maximum Gasteiger partial charge on any atom is 0.433 e. The Morgan fingerprint density at radius 3 is 2.62 bits per heavy atom. The molecular formula is C28H22F3N5O4. The maximum atomic E-state index is 13.3. The number of halogens is 3. The zero-order valence-electron chi connectivity index (χ0n) is 21.0. The normalized spacial score (nSPS) is 11.4. The van der Waals surface area contributed by atoms with Crippen LogP contribution >= 0.6 is 0 Å². The number of rotatable bonds is 8. The summed E-state index contributed by atoms with van der Waals surface area (Å²) in [4.78, 5) is 25.3. The molecule has 204 valence electrons. The minimum atomic E-state index is -4.64. The molecular weight excluding hydrogens is 527 g/mol. The van der Waals surface area contributed by atoms with E-state index >= 15 is 0 Å². The Morgan fingerprint density at radius 2 is 1.90 bits per heavy atom. The van der Waals surface area contributed by atoms with E-state index < -0.39 is 17.8 Å². The van der Waals surface area contributed by atoms with Crippen LogP contribution in [-0.4, -0.2) is 28.0 Å². The van der Waals surface area contributed by atoms with Crippen molar-refractivity contribution in [3.8, 4) is 28.8 Å². The molecule has 5 aromatic rings. The third-order valence-corrected chi connectivity index (χ3v) is 5.87. The van der Waals surface area contributed by atoms with E-state index in [9.17, 15) is 18.0 Å². The van der Waals surface area contributed by atoms with E-state index in [1.54, 1.807) is 48.7 Å². The molecule has 3 N–H and O–H groups in total. The fourth-order valence-electron chi connectivity index (χ4n) is 4.00. The number of fused-ring (bicyclic) bond motifs is 1. The van der Waals surface area contributed by atoms with Crippen LogP contribution in [0.4, 0.5) is 13.2 Å². The van der Waals surface area contributed by atoms with Crippen molar-refractivity contribution in [3.05, 3.63) is 95.6 Å². The Balaban J connectivity index is 1.39.